The van der Waals surface area contributed by atoms with Gasteiger partial charge in [-0.2, -0.15) is 0 Å². The van der Waals surface area contributed by atoms with Crippen LogP contribution in [0.3, 0.4) is 0 Å². The van der Waals surface area contributed by atoms with Gasteiger partial charge in [0.2, 0.25) is 5.91 Å². The predicted octanol–water partition coefficient (Wildman–Crippen LogP) is 1.30. The van der Waals surface area contributed by atoms with E-state index in [1.54, 1.807) is 12.1 Å². The molecule has 5 nitrogen and oxygen atoms in total. The van der Waals surface area contributed by atoms with Crippen LogP contribution in [0.1, 0.15) is 31.1 Å². The summed E-state index contributed by atoms with van der Waals surface area (Å²) < 4.78 is 23.1. The third kappa shape index (κ3) is 3.59. The zero-order valence-electron chi connectivity index (χ0n) is 11.7. The quantitative estimate of drug-likeness (QED) is 0.878. The molecular formula is C13H20N2O3S2. The standard InChI is InChI=1S/C13H20N2O3S2/c1-13(7-3-4-8-15-13)12(16)14-9-10-5-6-11(19-10)20(2,17)18/h5-6,15H,3-4,7-9H2,1-2H3,(H,14,16). The molecule has 0 bridgehead atoms. The summed E-state index contributed by atoms with van der Waals surface area (Å²) in [6.07, 6.45) is 4.17. The SMILES string of the molecule is CC1(C(=O)NCc2ccc(S(C)(=O)=O)s2)CCCCN1. The maximum Gasteiger partial charge on any atom is 0.240 e. The molecule has 1 saturated heterocycles. The van der Waals surface area contributed by atoms with Crippen molar-refractivity contribution in [2.75, 3.05) is 12.8 Å². The zero-order chi connectivity index (χ0) is 14.8. The molecule has 1 amide bonds. The molecule has 0 spiro atoms. The molecule has 0 radical (unpaired) electrons. The highest BCUT2D eigenvalue weighted by Gasteiger charge is 2.33. The maximum absolute atomic E-state index is 12.2. The Labute approximate surface area is 123 Å². The molecule has 1 aliphatic heterocycles. The second-order valence-electron chi connectivity index (χ2n) is 5.39. The Kier molecular flexibility index (Phi) is 4.51. The lowest BCUT2D eigenvalue weighted by atomic mass is 9.90. The molecule has 0 aliphatic carbocycles. The summed E-state index contributed by atoms with van der Waals surface area (Å²) in [5.74, 6) is -0.0218. The van der Waals surface area contributed by atoms with Gasteiger partial charge in [-0.15, -0.1) is 11.3 Å². The van der Waals surface area contributed by atoms with Gasteiger partial charge in [0, 0.05) is 11.1 Å². The summed E-state index contributed by atoms with van der Waals surface area (Å²) in [5, 5.41) is 6.14. The predicted molar refractivity (Wildman–Crippen MR) is 79.5 cm³/mol. The molecule has 2 rings (SSSR count). The van der Waals surface area contributed by atoms with Gasteiger partial charge in [0.25, 0.3) is 0 Å². The molecule has 2 N–H and O–H groups in total. The van der Waals surface area contributed by atoms with E-state index in [4.69, 9.17) is 0 Å². The third-order valence-corrected chi connectivity index (χ3v) is 6.45. The van der Waals surface area contributed by atoms with Crippen LogP contribution in [-0.2, 0) is 21.2 Å². The minimum absolute atomic E-state index is 0.0218. The number of hydrogen-bond acceptors (Lipinski definition) is 5. The van der Waals surface area contributed by atoms with Gasteiger partial charge in [-0.1, -0.05) is 0 Å². The molecule has 1 aliphatic rings. The lowest BCUT2D eigenvalue weighted by Gasteiger charge is -2.33. The van der Waals surface area contributed by atoms with Gasteiger partial charge < -0.3 is 10.6 Å². The fraction of sp³-hybridized carbons (Fsp3) is 0.615. The van der Waals surface area contributed by atoms with Gasteiger partial charge in [-0.3, -0.25) is 4.79 Å². The van der Waals surface area contributed by atoms with Crippen molar-refractivity contribution in [3.8, 4) is 0 Å². The molecule has 7 heteroatoms. The first kappa shape index (κ1) is 15.5. The topological polar surface area (TPSA) is 75.3 Å². The highest BCUT2D eigenvalue weighted by molar-refractivity contribution is 7.92. The first-order chi connectivity index (χ1) is 9.31. The number of sulfone groups is 1. The van der Waals surface area contributed by atoms with Crippen LogP contribution in [0.2, 0.25) is 0 Å². The molecule has 0 aromatic carbocycles. The van der Waals surface area contributed by atoms with Crippen LogP contribution in [0, 0.1) is 0 Å². The summed E-state index contributed by atoms with van der Waals surface area (Å²) in [6.45, 7) is 3.15. The number of carbonyl (C=O) groups is 1. The second-order valence-corrected chi connectivity index (χ2v) is 8.80. The number of hydrogen-bond donors (Lipinski definition) is 2. The Balaban J connectivity index is 1.95. The van der Waals surface area contributed by atoms with Crippen molar-refractivity contribution in [1.29, 1.82) is 0 Å². The van der Waals surface area contributed by atoms with E-state index < -0.39 is 15.4 Å². The summed E-state index contributed by atoms with van der Waals surface area (Å²) >= 11 is 1.20. The van der Waals surface area contributed by atoms with Crippen LogP contribution in [-0.4, -0.2) is 32.7 Å². The molecule has 1 fully saturated rings. The van der Waals surface area contributed by atoms with Gasteiger partial charge in [0.15, 0.2) is 9.84 Å². The normalized spacial score (nSPS) is 23.5. The van der Waals surface area contributed by atoms with E-state index in [1.165, 1.54) is 17.6 Å². The molecule has 0 saturated carbocycles. The molecule has 1 unspecified atom stereocenters. The first-order valence-electron chi connectivity index (χ1n) is 6.63. The summed E-state index contributed by atoms with van der Waals surface area (Å²) in [7, 11) is -3.16. The third-order valence-electron chi connectivity index (χ3n) is 3.55. The number of thiophene rings is 1. The van der Waals surface area contributed by atoms with Crippen molar-refractivity contribution in [2.45, 2.75) is 42.5 Å². The average Bonchev–Trinajstić information content (AvgIpc) is 2.85. The van der Waals surface area contributed by atoms with Crippen molar-refractivity contribution >= 4 is 27.1 Å². The van der Waals surface area contributed by atoms with Crippen LogP contribution in [0.5, 0.6) is 0 Å². The largest absolute Gasteiger partial charge is 0.350 e. The lowest BCUT2D eigenvalue weighted by molar-refractivity contribution is -0.128. The van der Waals surface area contributed by atoms with Crippen LogP contribution in [0.15, 0.2) is 16.3 Å². The fourth-order valence-corrected chi connectivity index (χ4v) is 4.18. The Morgan fingerprint density at radius 3 is 2.75 bits per heavy atom. The van der Waals surface area contributed by atoms with Crippen molar-refractivity contribution in [3.63, 3.8) is 0 Å². The van der Waals surface area contributed by atoms with E-state index in [1.807, 2.05) is 6.92 Å². The van der Waals surface area contributed by atoms with Crippen LogP contribution in [0.25, 0.3) is 0 Å². The highest BCUT2D eigenvalue weighted by Crippen LogP contribution is 2.22. The van der Waals surface area contributed by atoms with Crippen LogP contribution < -0.4 is 10.6 Å². The maximum atomic E-state index is 12.2. The van der Waals surface area contributed by atoms with Gasteiger partial charge >= 0.3 is 0 Å². The van der Waals surface area contributed by atoms with E-state index in [0.717, 1.165) is 30.7 Å². The minimum Gasteiger partial charge on any atom is -0.350 e. The molecular weight excluding hydrogens is 296 g/mol. The molecule has 20 heavy (non-hydrogen) atoms. The minimum atomic E-state index is -3.16. The Morgan fingerprint density at radius 2 is 2.20 bits per heavy atom. The van der Waals surface area contributed by atoms with Crippen LogP contribution >= 0.6 is 11.3 Å². The van der Waals surface area contributed by atoms with Crippen molar-refractivity contribution in [2.24, 2.45) is 0 Å². The molecule has 1 aromatic heterocycles. The van der Waals surface area contributed by atoms with Gasteiger partial charge in [0.1, 0.15) is 4.21 Å². The number of nitrogens with one attached hydrogen (secondary N) is 2. The number of piperidine rings is 1. The van der Waals surface area contributed by atoms with Gasteiger partial charge in [-0.25, -0.2) is 8.42 Å². The van der Waals surface area contributed by atoms with E-state index >= 15 is 0 Å². The Morgan fingerprint density at radius 1 is 1.45 bits per heavy atom. The number of carbonyl (C=O) groups excluding carboxylic acids is 1. The Hall–Kier alpha value is -0.920. The summed E-state index contributed by atoms with van der Waals surface area (Å²) in [5.41, 5.74) is -0.505. The molecule has 112 valence electrons. The monoisotopic (exact) mass is 316 g/mol. The van der Waals surface area contributed by atoms with Gasteiger partial charge in [0.05, 0.1) is 12.1 Å². The molecule has 2 heterocycles. The fourth-order valence-electron chi connectivity index (χ4n) is 2.27. The van der Waals surface area contributed by atoms with E-state index in [9.17, 15) is 13.2 Å². The smallest absolute Gasteiger partial charge is 0.240 e. The van der Waals surface area contributed by atoms with Crippen LogP contribution in [0.4, 0.5) is 0 Å². The van der Waals surface area contributed by atoms with E-state index in [2.05, 4.69) is 10.6 Å². The molecule has 1 atom stereocenters. The highest BCUT2D eigenvalue weighted by atomic mass is 32.2. The van der Waals surface area contributed by atoms with Crippen molar-refractivity contribution in [1.82, 2.24) is 10.6 Å². The van der Waals surface area contributed by atoms with E-state index in [0.29, 0.717) is 10.8 Å². The second kappa shape index (κ2) is 5.83. The number of rotatable bonds is 4. The summed E-state index contributed by atoms with van der Waals surface area (Å²) in [4.78, 5) is 13.1. The number of amides is 1. The zero-order valence-corrected chi connectivity index (χ0v) is 13.4. The Bertz CT molecular complexity index is 587. The first-order valence-corrected chi connectivity index (χ1v) is 9.34. The van der Waals surface area contributed by atoms with Crippen molar-refractivity contribution in [3.05, 3.63) is 17.0 Å². The van der Waals surface area contributed by atoms with Gasteiger partial charge in [-0.05, 0) is 44.9 Å². The average molecular weight is 316 g/mol. The van der Waals surface area contributed by atoms with Crippen molar-refractivity contribution < 1.29 is 13.2 Å². The lowest BCUT2D eigenvalue weighted by Crippen LogP contribution is -2.56. The summed E-state index contributed by atoms with van der Waals surface area (Å²) in [6, 6.07) is 3.33. The molecule has 1 aromatic rings. The van der Waals surface area contributed by atoms with E-state index in [-0.39, 0.29) is 5.91 Å².